The molecule has 0 radical (unpaired) electrons. The highest BCUT2D eigenvalue weighted by Gasteiger charge is 2.19. The highest BCUT2D eigenvalue weighted by atomic mass is 16.6. The Balaban J connectivity index is 4.35. The molecule has 0 aliphatic rings. The molecule has 0 spiro atoms. The lowest BCUT2D eigenvalue weighted by atomic mass is 10.0. The van der Waals surface area contributed by atoms with Gasteiger partial charge in [0.15, 0.2) is 6.10 Å². The number of hydrogen-bond acceptors (Lipinski definition) is 6. The summed E-state index contributed by atoms with van der Waals surface area (Å²) in [6.45, 7) is 6.47. The van der Waals surface area contributed by atoms with Crippen LogP contribution in [0.15, 0.2) is 97.2 Å². The van der Waals surface area contributed by atoms with Crippen LogP contribution in [0.1, 0.15) is 316 Å². The summed E-state index contributed by atoms with van der Waals surface area (Å²) in [4.78, 5) is 38.3. The summed E-state index contributed by atoms with van der Waals surface area (Å²) in [5.41, 5.74) is 0. The van der Waals surface area contributed by atoms with E-state index in [0.717, 1.165) is 141 Å². The molecule has 6 nitrogen and oxygen atoms in total. The van der Waals surface area contributed by atoms with Gasteiger partial charge < -0.3 is 14.2 Å². The molecule has 1 atom stereocenters. The third kappa shape index (κ3) is 63.0. The minimum absolute atomic E-state index is 0.0876. The first kappa shape index (κ1) is 73.3. The Kier molecular flexibility index (Phi) is 61.8. The van der Waals surface area contributed by atoms with E-state index in [1.807, 2.05) is 0 Å². The number of ether oxygens (including phenoxy) is 3. The third-order valence-corrected chi connectivity index (χ3v) is 14.1. The quantitative estimate of drug-likeness (QED) is 0.0261. The lowest BCUT2D eigenvalue weighted by molar-refractivity contribution is -0.167. The van der Waals surface area contributed by atoms with Gasteiger partial charge in [0.1, 0.15) is 13.2 Å². The highest BCUT2D eigenvalue weighted by molar-refractivity contribution is 5.71. The van der Waals surface area contributed by atoms with Gasteiger partial charge in [-0.15, -0.1) is 0 Å². The number of esters is 3. The van der Waals surface area contributed by atoms with Crippen LogP contribution in [0.2, 0.25) is 0 Å². The summed E-state index contributed by atoms with van der Waals surface area (Å²) in [6, 6.07) is 0. The minimum atomic E-state index is -0.790. The van der Waals surface area contributed by atoms with Gasteiger partial charge in [0.2, 0.25) is 0 Å². The van der Waals surface area contributed by atoms with E-state index in [4.69, 9.17) is 14.2 Å². The Morgan fingerprint density at radius 2 is 0.532 bits per heavy atom. The van der Waals surface area contributed by atoms with Crippen LogP contribution < -0.4 is 0 Å². The first-order valence-electron chi connectivity index (χ1n) is 32.7. The molecule has 0 aromatic carbocycles. The van der Waals surface area contributed by atoms with Crippen molar-refractivity contribution in [2.24, 2.45) is 0 Å². The second-order valence-electron chi connectivity index (χ2n) is 21.6. The molecule has 0 saturated heterocycles. The van der Waals surface area contributed by atoms with E-state index in [1.54, 1.807) is 0 Å². The van der Waals surface area contributed by atoms with E-state index >= 15 is 0 Å². The van der Waals surface area contributed by atoms with E-state index in [2.05, 4.69) is 118 Å². The van der Waals surface area contributed by atoms with Gasteiger partial charge in [-0.1, -0.05) is 298 Å². The molecule has 442 valence electrons. The molecule has 0 aromatic heterocycles. The lowest BCUT2D eigenvalue weighted by Gasteiger charge is -2.18. The van der Waals surface area contributed by atoms with Crippen molar-refractivity contribution in [1.82, 2.24) is 0 Å². The Morgan fingerprint density at radius 3 is 0.844 bits per heavy atom. The summed E-state index contributed by atoms with van der Waals surface area (Å²) in [5, 5.41) is 0. The van der Waals surface area contributed by atoms with Gasteiger partial charge in [-0.25, -0.2) is 0 Å². The second kappa shape index (κ2) is 64.9. The maximum absolute atomic E-state index is 12.9. The summed E-state index contributed by atoms with van der Waals surface area (Å²) < 4.78 is 16.9. The topological polar surface area (TPSA) is 78.9 Å². The van der Waals surface area contributed by atoms with Crippen LogP contribution in [0.4, 0.5) is 0 Å². The molecule has 0 bridgehead atoms. The van der Waals surface area contributed by atoms with Gasteiger partial charge >= 0.3 is 17.9 Å². The molecule has 0 amide bonds. The molecule has 6 heteroatoms. The van der Waals surface area contributed by atoms with Crippen molar-refractivity contribution >= 4 is 17.9 Å². The summed E-state index contributed by atoms with van der Waals surface area (Å²) in [5.74, 6) is -0.902. The van der Waals surface area contributed by atoms with Gasteiger partial charge in [-0.2, -0.15) is 0 Å². The smallest absolute Gasteiger partial charge is 0.306 e. The maximum atomic E-state index is 12.9. The lowest BCUT2D eigenvalue weighted by Crippen LogP contribution is -2.30. The molecule has 0 fully saturated rings. The fraction of sp³-hybridized carbons (Fsp3) is 0.732. The van der Waals surface area contributed by atoms with Crippen LogP contribution in [0.25, 0.3) is 0 Å². The molecule has 0 aromatic rings. The predicted molar refractivity (Wildman–Crippen MR) is 334 cm³/mol. The third-order valence-electron chi connectivity index (χ3n) is 14.1. The Hall–Kier alpha value is -3.67. The number of carbonyl (C=O) groups excluding carboxylic acids is 3. The number of carbonyl (C=O) groups is 3. The van der Waals surface area contributed by atoms with Crippen LogP contribution in [0, 0.1) is 0 Å². The van der Waals surface area contributed by atoms with E-state index in [0.29, 0.717) is 19.3 Å². The van der Waals surface area contributed by atoms with Crippen molar-refractivity contribution in [2.45, 2.75) is 322 Å². The second-order valence-corrected chi connectivity index (χ2v) is 21.6. The fourth-order valence-electron chi connectivity index (χ4n) is 9.19. The van der Waals surface area contributed by atoms with Crippen molar-refractivity contribution in [3.63, 3.8) is 0 Å². The Labute approximate surface area is 477 Å². The van der Waals surface area contributed by atoms with Gasteiger partial charge in [0.05, 0.1) is 0 Å². The molecule has 77 heavy (non-hydrogen) atoms. The van der Waals surface area contributed by atoms with Crippen molar-refractivity contribution in [2.75, 3.05) is 13.2 Å². The summed E-state index contributed by atoms with van der Waals surface area (Å²) in [6.07, 6.45) is 87.0. The van der Waals surface area contributed by atoms with E-state index in [9.17, 15) is 14.4 Å². The van der Waals surface area contributed by atoms with Gasteiger partial charge in [-0.05, 0) is 96.3 Å². The van der Waals surface area contributed by atoms with E-state index in [1.165, 1.54) is 135 Å². The average Bonchev–Trinajstić information content (AvgIpc) is 3.43. The fourth-order valence-corrected chi connectivity index (χ4v) is 9.19. The van der Waals surface area contributed by atoms with Gasteiger partial charge in [0, 0.05) is 19.3 Å². The SMILES string of the molecule is CC/C=C\C/C=C\C/C=C\C/C=C\C/C=C\C/C=C\CCCCCCCCC(=O)OCC(COC(=O)CCCCCCC/C=C\C/C=C\CCC)OC(=O)CCCCCCCCCCCCCCCCCCCCCCC. The molecular weight excluding hydrogens is 949 g/mol. The molecule has 0 aliphatic heterocycles. The largest absolute Gasteiger partial charge is 0.462 e. The molecule has 0 heterocycles. The molecule has 0 rings (SSSR count). The summed E-state index contributed by atoms with van der Waals surface area (Å²) in [7, 11) is 0. The van der Waals surface area contributed by atoms with E-state index in [-0.39, 0.29) is 31.1 Å². The van der Waals surface area contributed by atoms with Crippen LogP contribution in [0.5, 0.6) is 0 Å². The highest BCUT2D eigenvalue weighted by Crippen LogP contribution is 2.17. The van der Waals surface area contributed by atoms with Crippen LogP contribution in [0.3, 0.4) is 0 Å². The number of hydrogen-bond donors (Lipinski definition) is 0. The normalized spacial score (nSPS) is 12.7. The van der Waals surface area contributed by atoms with Crippen LogP contribution in [-0.4, -0.2) is 37.2 Å². The molecular formula is C71H122O6. The van der Waals surface area contributed by atoms with Gasteiger partial charge in [0.25, 0.3) is 0 Å². The first-order chi connectivity index (χ1) is 38.0. The van der Waals surface area contributed by atoms with Crippen LogP contribution >= 0.6 is 0 Å². The number of unbranched alkanes of at least 4 members (excludes halogenated alkanes) is 32. The predicted octanol–water partition coefficient (Wildman–Crippen LogP) is 22.4. The van der Waals surface area contributed by atoms with Gasteiger partial charge in [-0.3, -0.25) is 14.4 Å². The number of rotatable bonds is 59. The molecule has 0 aliphatic carbocycles. The minimum Gasteiger partial charge on any atom is -0.462 e. The Bertz CT molecular complexity index is 1510. The zero-order chi connectivity index (χ0) is 55.7. The number of allylic oxidation sites excluding steroid dienone is 16. The first-order valence-corrected chi connectivity index (χ1v) is 32.7. The zero-order valence-electron chi connectivity index (χ0n) is 50.7. The maximum Gasteiger partial charge on any atom is 0.306 e. The van der Waals surface area contributed by atoms with Crippen molar-refractivity contribution < 1.29 is 28.6 Å². The van der Waals surface area contributed by atoms with Crippen molar-refractivity contribution in [1.29, 1.82) is 0 Å². The molecule has 0 N–H and O–H groups in total. The van der Waals surface area contributed by atoms with Crippen molar-refractivity contribution in [3.05, 3.63) is 97.2 Å². The monoisotopic (exact) mass is 1070 g/mol. The average molecular weight is 1070 g/mol. The van der Waals surface area contributed by atoms with E-state index < -0.39 is 6.10 Å². The zero-order valence-corrected chi connectivity index (χ0v) is 50.7. The van der Waals surface area contributed by atoms with Crippen LogP contribution in [-0.2, 0) is 28.6 Å². The standard InChI is InChI=1S/C71H122O6/c1-4-7-10-13-16-19-22-25-27-29-31-33-34-35-36-38-39-41-43-46-49-52-55-58-61-64-70(73)76-67-68(66-75-69(72)63-60-57-54-51-48-45-24-21-18-15-12-9-6-3)77-71(74)65-62-59-56-53-50-47-44-42-40-37-32-30-28-26-23-20-17-14-11-8-5-2/h7,10,12,15-16,19,21,24-25,27,31,33,35-36,39,41,68H,4-6,8-9,11,13-14,17-18,20,22-23,26,28-30,32,34,37-38,40,42-67H2,1-3H3/b10-7-,15-12-,19-16-,24-21-,27-25-,33-31-,36-35-,41-39-. The molecule has 0 saturated carbocycles. The molecule has 1 unspecified atom stereocenters. The summed E-state index contributed by atoms with van der Waals surface area (Å²) >= 11 is 0. The van der Waals surface area contributed by atoms with Crippen molar-refractivity contribution in [3.8, 4) is 0 Å². The Morgan fingerprint density at radius 1 is 0.273 bits per heavy atom.